The van der Waals surface area contributed by atoms with Crippen molar-refractivity contribution in [3.8, 4) is 0 Å². The molecule has 0 bridgehead atoms. The first-order valence-corrected chi connectivity index (χ1v) is 11.2. The molecule has 0 radical (unpaired) electrons. The van der Waals surface area contributed by atoms with E-state index in [0.717, 1.165) is 0 Å². The number of allylic oxidation sites excluding steroid dienone is 2. The van der Waals surface area contributed by atoms with Crippen molar-refractivity contribution in [1.29, 1.82) is 0 Å². The Morgan fingerprint density at radius 2 is 1.54 bits per heavy atom. The molecule has 0 amide bonds. The number of carbonyl (C=O) groups is 1. The molecule has 2 aromatic rings. The Bertz CT molecular complexity index is 1010. The summed E-state index contributed by atoms with van der Waals surface area (Å²) in [6.45, 7) is 5.19. The standard InChI is InChI=1S/C27H28F4O4/c1-27(2,3)35-24(32)15-22-14-21(33-16-34-22)12-13-23(26(30)31)25(17-4-8-19(28)9-5-17)18-6-10-20(29)11-7-18/h4-13,21-22,26H,14-16H2,1-3H3. The molecule has 2 atom stereocenters. The van der Waals surface area contributed by atoms with E-state index in [9.17, 15) is 22.4 Å². The van der Waals surface area contributed by atoms with Crippen LogP contribution in [0.25, 0.3) is 5.57 Å². The lowest BCUT2D eigenvalue weighted by Crippen LogP contribution is -2.34. The van der Waals surface area contributed by atoms with Gasteiger partial charge in [-0.25, -0.2) is 17.6 Å². The smallest absolute Gasteiger partial charge is 0.308 e. The van der Waals surface area contributed by atoms with Crippen LogP contribution in [0, 0.1) is 11.6 Å². The van der Waals surface area contributed by atoms with Crippen LogP contribution in [0.2, 0.25) is 0 Å². The number of carbonyl (C=O) groups excluding carboxylic acids is 1. The number of hydrogen-bond donors (Lipinski definition) is 0. The van der Waals surface area contributed by atoms with Gasteiger partial charge in [-0.05, 0) is 61.7 Å². The van der Waals surface area contributed by atoms with Crippen LogP contribution in [0.1, 0.15) is 44.7 Å². The molecule has 0 spiro atoms. The van der Waals surface area contributed by atoms with Crippen LogP contribution in [0.4, 0.5) is 17.6 Å². The Balaban J connectivity index is 1.88. The summed E-state index contributed by atoms with van der Waals surface area (Å²) in [4.78, 5) is 12.1. The zero-order chi connectivity index (χ0) is 25.6. The lowest BCUT2D eigenvalue weighted by molar-refractivity contribution is -0.179. The second kappa shape index (κ2) is 11.6. The first-order valence-electron chi connectivity index (χ1n) is 11.2. The molecule has 8 heteroatoms. The van der Waals surface area contributed by atoms with Gasteiger partial charge >= 0.3 is 5.97 Å². The summed E-state index contributed by atoms with van der Waals surface area (Å²) in [5.74, 6) is -1.43. The van der Waals surface area contributed by atoms with E-state index >= 15 is 0 Å². The van der Waals surface area contributed by atoms with Gasteiger partial charge in [-0.2, -0.15) is 0 Å². The predicted molar refractivity (Wildman–Crippen MR) is 124 cm³/mol. The largest absolute Gasteiger partial charge is 0.460 e. The summed E-state index contributed by atoms with van der Waals surface area (Å²) in [6, 6.07) is 10.3. The highest BCUT2D eigenvalue weighted by molar-refractivity contribution is 5.84. The maximum absolute atomic E-state index is 14.3. The SMILES string of the molecule is CC(C)(C)OC(=O)CC1CC(C=CC(=C(c2ccc(F)cc2)c2ccc(F)cc2)C(F)F)OCO1. The maximum Gasteiger partial charge on any atom is 0.308 e. The Kier molecular flexibility index (Phi) is 8.86. The lowest BCUT2D eigenvalue weighted by Gasteiger charge is -2.29. The summed E-state index contributed by atoms with van der Waals surface area (Å²) in [5.41, 5.74) is -0.103. The molecular weight excluding hydrogens is 464 g/mol. The Labute approximate surface area is 202 Å². The molecule has 1 aliphatic rings. The van der Waals surface area contributed by atoms with Gasteiger partial charge in [0, 0.05) is 12.0 Å². The van der Waals surface area contributed by atoms with Gasteiger partial charge in [-0.15, -0.1) is 0 Å². The van der Waals surface area contributed by atoms with Crippen molar-refractivity contribution in [3.63, 3.8) is 0 Å². The Morgan fingerprint density at radius 1 is 1.00 bits per heavy atom. The van der Waals surface area contributed by atoms with Crippen LogP contribution in [-0.4, -0.2) is 37.0 Å². The van der Waals surface area contributed by atoms with Crippen molar-refractivity contribution < 1.29 is 36.6 Å². The molecule has 1 heterocycles. The van der Waals surface area contributed by atoms with Crippen molar-refractivity contribution >= 4 is 11.5 Å². The average Bonchev–Trinajstić information content (AvgIpc) is 2.77. The molecule has 1 saturated heterocycles. The molecule has 0 saturated carbocycles. The minimum absolute atomic E-state index is 0.0128. The van der Waals surface area contributed by atoms with Gasteiger partial charge in [-0.1, -0.05) is 36.4 Å². The fraction of sp³-hybridized carbons (Fsp3) is 0.370. The Hall–Kier alpha value is -2.97. The number of rotatable bonds is 7. The highest BCUT2D eigenvalue weighted by atomic mass is 19.3. The number of alkyl halides is 2. The monoisotopic (exact) mass is 492 g/mol. The number of benzene rings is 2. The fourth-order valence-corrected chi connectivity index (χ4v) is 3.67. The molecule has 35 heavy (non-hydrogen) atoms. The van der Waals surface area contributed by atoms with Crippen LogP contribution >= 0.6 is 0 Å². The molecule has 3 rings (SSSR count). The van der Waals surface area contributed by atoms with Gasteiger partial charge < -0.3 is 14.2 Å². The van der Waals surface area contributed by atoms with E-state index in [2.05, 4.69) is 0 Å². The van der Waals surface area contributed by atoms with Crippen LogP contribution in [0.5, 0.6) is 0 Å². The second-order valence-electron chi connectivity index (χ2n) is 9.14. The molecule has 1 fully saturated rings. The molecule has 1 aliphatic heterocycles. The van der Waals surface area contributed by atoms with Gasteiger partial charge in [0.1, 0.15) is 24.0 Å². The van der Waals surface area contributed by atoms with Gasteiger partial charge in [0.15, 0.2) is 0 Å². The van der Waals surface area contributed by atoms with Crippen molar-refractivity contribution in [2.45, 2.75) is 57.8 Å². The van der Waals surface area contributed by atoms with E-state index in [4.69, 9.17) is 14.2 Å². The van der Waals surface area contributed by atoms with Gasteiger partial charge in [0.05, 0.1) is 18.6 Å². The summed E-state index contributed by atoms with van der Waals surface area (Å²) in [6.07, 6.45) is -0.915. The number of hydrogen-bond acceptors (Lipinski definition) is 4. The topological polar surface area (TPSA) is 44.8 Å². The fourth-order valence-electron chi connectivity index (χ4n) is 3.67. The van der Waals surface area contributed by atoms with Crippen molar-refractivity contribution in [3.05, 3.63) is 89.0 Å². The van der Waals surface area contributed by atoms with E-state index in [1.54, 1.807) is 20.8 Å². The average molecular weight is 493 g/mol. The molecular formula is C27H28F4O4. The quantitative estimate of drug-likeness (QED) is 0.253. The minimum atomic E-state index is -2.88. The first kappa shape index (κ1) is 26.6. The summed E-state index contributed by atoms with van der Waals surface area (Å²) in [7, 11) is 0. The molecule has 2 aromatic carbocycles. The third-order valence-corrected chi connectivity index (χ3v) is 5.18. The van der Waals surface area contributed by atoms with Gasteiger partial charge in [0.25, 0.3) is 6.43 Å². The molecule has 2 unspecified atom stereocenters. The zero-order valence-electron chi connectivity index (χ0n) is 19.8. The second-order valence-corrected chi connectivity index (χ2v) is 9.14. The first-order chi connectivity index (χ1) is 16.5. The molecule has 0 N–H and O–H groups in total. The number of ether oxygens (including phenoxy) is 3. The van der Waals surface area contributed by atoms with Crippen molar-refractivity contribution in [2.75, 3.05) is 6.79 Å². The van der Waals surface area contributed by atoms with Crippen LogP contribution < -0.4 is 0 Å². The molecule has 0 aromatic heterocycles. The highest BCUT2D eigenvalue weighted by Gasteiger charge is 2.27. The van der Waals surface area contributed by atoms with Crippen molar-refractivity contribution in [1.82, 2.24) is 0 Å². The molecule has 4 nitrogen and oxygen atoms in total. The van der Waals surface area contributed by atoms with Crippen molar-refractivity contribution in [2.24, 2.45) is 0 Å². The third kappa shape index (κ3) is 8.04. The van der Waals surface area contributed by atoms with Gasteiger partial charge in [-0.3, -0.25) is 4.79 Å². The summed E-state index contributed by atoms with van der Waals surface area (Å²) in [5, 5.41) is 0. The maximum atomic E-state index is 14.3. The van der Waals surface area contributed by atoms with Crippen LogP contribution in [-0.2, 0) is 19.0 Å². The molecule has 0 aliphatic carbocycles. The van der Waals surface area contributed by atoms with E-state index in [1.165, 1.54) is 60.7 Å². The Morgan fingerprint density at radius 3 is 2.03 bits per heavy atom. The zero-order valence-corrected chi connectivity index (χ0v) is 19.8. The third-order valence-electron chi connectivity index (χ3n) is 5.18. The van der Waals surface area contributed by atoms with Gasteiger partial charge in [0.2, 0.25) is 0 Å². The summed E-state index contributed by atoms with van der Waals surface area (Å²) >= 11 is 0. The molecule has 188 valence electrons. The lowest BCUT2D eigenvalue weighted by atomic mass is 9.92. The van der Waals surface area contributed by atoms with E-state index in [-0.39, 0.29) is 30.8 Å². The predicted octanol–water partition coefficient (Wildman–Crippen LogP) is 6.45. The number of esters is 1. The van der Waals surface area contributed by atoms with Crippen LogP contribution in [0.3, 0.4) is 0 Å². The minimum Gasteiger partial charge on any atom is -0.460 e. The van der Waals surface area contributed by atoms with Crippen LogP contribution in [0.15, 0.2) is 66.3 Å². The summed E-state index contributed by atoms with van der Waals surface area (Å²) < 4.78 is 71.8. The van der Waals surface area contributed by atoms with E-state index in [1.807, 2.05) is 0 Å². The van der Waals surface area contributed by atoms with E-state index < -0.39 is 41.8 Å². The number of halogens is 4. The highest BCUT2D eigenvalue weighted by Crippen LogP contribution is 2.32. The normalized spacial score (nSPS) is 18.6. The van der Waals surface area contributed by atoms with E-state index in [0.29, 0.717) is 11.1 Å².